The molecule has 5 rings (SSSR count). The fourth-order valence-corrected chi connectivity index (χ4v) is 3.94. The van der Waals surface area contributed by atoms with Crippen molar-refractivity contribution in [2.45, 2.75) is 12.8 Å². The number of rotatable bonds is 3. The molecule has 1 aromatic heterocycles. The lowest BCUT2D eigenvalue weighted by molar-refractivity contribution is 0.883. The molecule has 3 aromatic carbocycles. The van der Waals surface area contributed by atoms with E-state index in [-0.39, 0.29) is 5.84 Å². The molecule has 29 heavy (non-hydrogen) atoms. The highest BCUT2D eigenvalue weighted by molar-refractivity contribution is 6.08. The van der Waals surface area contributed by atoms with Crippen LogP contribution in [0.4, 0.5) is 5.95 Å². The van der Waals surface area contributed by atoms with Gasteiger partial charge in [-0.25, -0.2) is 9.66 Å². The molecule has 0 spiro atoms. The summed E-state index contributed by atoms with van der Waals surface area (Å²) in [5.41, 5.74) is 17.5. The zero-order valence-electron chi connectivity index (χ0n) is 15.8. The molecule has 0 saturated heterocycles. The smallest absolute Gasteiger partial charge is 0.221 e. The van der Waals surface area contributed by atoms with E-state index < -0.39 is 0 Å². The molecule has 6 heteroatoms. The van der Waals surface area contributed by atoms with Crippen molar-refractivity contribution in [1.82, 2.24) is 9.66 Å². The number of imidazole rings is 1. The highest BCUT2D eigenvalue weighted by atomic mass is 15.4. The van der Waals surface area contributed by atoms with Crippen molar-refractivity contribution in [1.29, 1.82) is 5.41 Å². The number of hydrogen-bond donors (Lipinski definition) is 3. The molecule has 6 nitrogen and oxygen atoms in total. The van der Waals surface area contributed by atoms with Gasteiger partial charge in [-0.3, -0.25) is 5.41 Å². The average Bonchev–Trinajstić information content (AvgIpc) is 3.31. The number of nitrogens with zero attached hydrogens (tertiary/aromatic N) is 3. The highest BCUT2D eigenvalue weighted by Crippen LogP contribution is 2.28. The summed E-state index contributed by atoms with van der Waals surface area (Å²) in [6.07, 6.45) is 3.46. The standard InChI is InChI=1S/C23H20N6/c24-22(25)19-7-3-6-18-17(19)10-11-20(18)28-29-13-21(27-23(29)26)16-9-8-14-4-1-2-5-15(14)12-16/h1-9,12-13H,10-11H2,(H3,24,25)(H2,26,27). The maximum atomic E-state index is 7.78. The van der Waals surface area contributed by atoms with Crippen LogP contribution in [0, 0.1) is 5.41 Å². The fourth-order valence-electron chi connectivity index (χ4n) is 3.94. The molecule has 4 aromatic rings. The first-order valence-corrected chi connectivity index (χ1v) is 9.49. The second-order valence-electron chi connectivity index (χ2n) is 7.18. The Morgan fingerprint density at radius 3 is 2.66 bits per heavy atom. The van der Waals surface area contributed by atoms with E-state index in [0.717, 1.165) is 51.9 Å². The Morgan fingerprint density at radius 2 is 1.83 bits per heavy atom. The van der Waals surface area contributed by atoms with Crippen LogP contribution in [0.1, 0.15) is 23.1 Å². The predicted octanol–water partition coefficient (Wildman–Crippen LogP) is 3.77. The van der Waals surface area contributed by atoms with E-state index in [1.165, 1.54) is 5.39 Å². The zero-order valence-corrected chi connectivity index (χ0v) is 15.8. The number of nitrogens with two attached hydrogens (primary N) is 2. The maximum Gasteiger partial charge on any atom is 0.221 e. The van der Waals surface area contributed by atoms with E-state index in [2.05, 4.69) is 29.2 Å². The molecule has 142 valence electrons. The summed E-state index contributed by atoms with van der Waals surface area (Å²) in [7, 11) is 0. The van der Waals surface area contributed by atoms with Gasteiger partial charge in [-0.05, 0) is 35.2 Å². The van der Waals surface area contributed by atoms with Gasteiger partial charge in [0, 0.05) is 16.7 Å². The normalized spacial score (nSPS) is 14.4. The Balaban J connectivity index is 1.54. The van der Waals surface area contributed by atoms with Crippen LogP contribution in [0.25, 0.3) is 22.0 Å². The summed E-state index contributed by atoms with van der Waals surface area (Å²) >= 11 is 0. The third-order valence-corrected chi connectivity index (χ3v) is 5.38. The summed E-state index contributed by atoms with van der Waals surface area (Å²) in [6.45, 7) is 0. The zero-order chi connectivity index (χ0) is 20.0. The average molecular weight is 380 g/mol. The van der Waals surface area contributed by atoms with Crippen LogP contribution in [-0.2, 0) is 6.42 Å². The summed E-state index contributed by atoms with van der Waals surface area (Å²) in [5.74, 6) is 0.431. The predicted molar refractivity (Wildman–Crippen MR) is 117 cm³/mol. The van der Waals surface area contributed by atoms with Gasteiger partial charge in [-0.2, -0.15) is 5.10 Å². The van der Waals surface area contributed by atoms with Crippen molar-refractivity contribution in [2.75, 3.05) is 5.73 Å². The second kappa shape index (κ2) is 6.60. The fraction of sp³-hybridized carbons (Fsp3) is 0.0870. The van der Waals surface area contributed by atoms with Crippen LogP contribution in [0.2, 0.25) is 0 Å². The molecular weight excluding hydrogens is 360 g/mol. The second-order valence-corrected chi connectivity index (χ2v) is 7.18. The minimum absolute atomic E-state index is 0.0869. The van der Waals surface area contributed by atoms with Gasteiger partial charge in [0.25, 0.3) is 0 Å². The molecular formula is C23H20N6. The first-order chi connectivity index (χ1) is 14.1. The Labute approximate surface area is 168 Å². The monoisotopic (exact) mass is 380 g/mol. The molecule has 1 aliphatic rings. The van der Waals surface area contributed by atoms with Crippen LogP contribution < -0.4 is 11.5 Å². The van der Waals surface area contributed by atoms with Crippen molar-refractivity contribution < 1.29 is 0 Å². The summed E-state index contributed by atoms with van der Waals surface area (Å²) in [6, 6.07) is 20.3. The maximum absolute atomic E-state index is 7.78. The van der Waals surface area contributed by atoms with Gasteiger partial charge in [-0.1, -0.05) is 54.6 Å². The number of benzene rings is 3. The van der Waals surface area contributed by atoms with E-state index in [1.807, 2.05) is 42.6 Å². The van der Waals surface area contributed by atoms with Crippen LogP contribution in [0.3, 0.4) is 0 Å². The molecule has 0 radical (unpaired) electrons. The van der Waals surface area contributed by atoms with Gasteiger partial charge in [0.15, 0.2) is 0 Å². The molecule has 0 atom stereocenters. The lowest BCUT2D eigenvalue weighted by Crippen LogP contribution is -2.13. The molecule has 0 unspecified atom stereocenters. The Hall–Kier alpha value is -3.93. The minimum Gasteiger partial charge on any atom is -0.384 e. The summed E-state index contributed by atoms with van der Waals surface area (Å²) < 4.78 is 1.63. The Bertz CT molecular complexity index is 1300. The van der Waals surface area contributed by atoms with E-state index in [9.17, 15) is 0 Å². The topological polar surface area (TPSA) is 106 Å². The van der Waals surface area contributed by atoms with Gasteiger partial charge in [0.1, 0.15) is 5.84 Å². The summed E-state index contributed by atoms with van der Waals surface area (Å²) in [4.78, 5) is 4.51. The number of nitrogen functional groups attached to an aromatic ring is 2. The van der Waals surface area contributed by atoms with Crippen molar-refractivity contribution in [3.8, 4) is 11.3 Å². The van der Waals surface area contributed by atoms with Crippen LogP contribution >= 0.6 is 0 Å². The number of amidine groups is 1. The Kier molecular flexibility index (Phi) is 3.91. The van der Waals surface area contributed by atoms with Gasteiger partial charge in [-0.15, -0.1) is 0 Å². The van der Waals surface area contributed by atoms with Gasteiger partial charge < -0.3 is 11.5 Å². The first-order valence-electron chi connectivity index (χ1n) is 9.49. The largest absolute Gasteiger partial charge is 0.384 e. The van der Waals surface area contributed by atoms with Crippen molar-refractivity contribution >= 4 is 28.3 Å². The third kappa shape index (κ3) is 2.95. The number of fused-ring (bicyclic) bond motifs is 2. The molecule has 0 amide bonds. The lowest BCUT2D eigenvalue weighted by Gasteiger charge is -2.06. The van der Waals surface area contributed by atoms with Crippen LogP contribution in [-0.4, -0.2) is 21.2 Å². The molecule has 0 bridgehead atoms. The van der Waals surface area contributed by atoms with Crippen molar-refractivity contribution in [3.63, 3.8) is 0 Å². The van der Waals surface area contributed by atoms with E-state index in [0.29, 0.717) is 5.95 Å². The number of anilines is 1. The SMILES string of the molecule is N=C(N)c1cccc2c1CCC2=Nn1cc(-c2ccc3ccccc3c2)nc1N. The molecule has 5 N–H and O–H groups in total. The van der Waals surface area contributed by atoms with Crippen molar-refractivity contribution in [3.05, 3.63) is 83.6 Å². The molecule has 0 fully saturated rings. The van der Waals surface area contributed by atoms with E-state index in [1.54, 1.807) is 4.68 Å². The van der Waals surface area contributed by atoms with Gasteiger partial charge in [0.05, 0.1) is 17.6 Å². The molecule has 0 aliphatic heterocycles. The highest BCUT2D eigenvalue weighted by Gasteiger charge is 2.22. The van der Waals surface area contributed by atoms with Crippen LogP contribution in [0.5, 0.6) is 0 Å². The number of hydrogen-bond acceptors (Lipinski definition) is 4. The van der Waals surface area contributed by atoms with Gasteiger partial charge in [0.2, 0.25) is 5.95 Å². The lowest BCUT2D eigenvalue weighted by atomic mass is 10.0. The van der Waals surface area contributed by atoms with Gasteiger partial charge >= 0.3 is 0 Å². The summed E-state index contributed by atoms with van der Waals surface area (Å²) in [5, 5.41) is 14.9. The molecule has 1 aliphatic carbocycles. The van der Waals surface area contributed by atoms with E-state index in [4.69, 9.17) is 22.0 Å². The first kappa shape index (κ1) is 17.2. The Morgan fingerprint density at radius 1 is 1.00 bits per heavy atom. The minimum atomic E-state index is 0.0869. The van der Waals surface area contributed by atoms with Crippen molar-refractivity contribution in [2.24, 2.45) is 10.8 Å². The number of aromatic nitrogens is 2. The quantitative estimate of drug-likeness (QED) is 0.372. The third-order valence-electron chi connectivity index (χ3n) is 5.38. The molecule has 0 saturated carbocycles. The van der Waals surface area contributed by atoms with E-state index >= 15 is 0 Å². The van der Waals surface area contributed by atoms with Crippen LogP contribution in [0.15, 0.2) is 72.0 Å². The number of nitrogens with one attached hydrogen (secondary N) is 1. The molecule has 1 heterocycles.